The maximum Gasteiger partial charge on any atom is 0.293 e. The lowest BCUT2D eigenvalue weighted by atomic mass is 10.2. The molecule has 0 aliphatic carbocycles. The fourth-order valence-electron chi connectivity index (χ4n) is 1.28. The van der Waals surface area contributed by atoms with Gasteiger partial charge in [0.15, 0.2) is 0 Å². The van der Waals surface area contributed by atoms with Crippen LogP contribution in [0, 0.1) is 10.1 Å². The predicted molar refractivity (Wildman–Crippen MR) is 60.9 cm³/mol. The molecule has 0 aromatic heterocycles. The van der Waals surface area contributed by atoms with Crippen molar-refractivity contribution in [1.82, 2.24) is 0 Å². The number of hydrogen-bond acceptors (Lipinski definition) is 5. The zero-order valence-electron chi connectivity index (χ0n) is 9.10. The molecule has 0 bridgehead atoms. The SMILES string of the molecule is CCCOCc1ccc([N+](=O)[O-])c(NN)c1. The summed E-state index contributed by atoms with van der Waals surface area (Å²) in [5.74, 6) is 5.22. The summed E-state index contributed by atoms with van der Waals surface area (Å²) in [6.45, 7) is 3.12. The van der Waals surface area contributed by atoms with E-state index >= 15 is 0 Å². The Morgan fingerprint density at radius 1 is 1.56 bits per heavy atom. The van der Waals surface area contributed by atoms with Gasteiger partial charge in [0.1, 0.15) is 5.69 Å². The Bertz CT molecular complexity index is 368. The van der Waals surface area contributed by atoms with E-state index in [1.165, 1.54) is 6.07 Å². The van der Waals surface area contributed by atoms with Crippen LogP contribution in [0.3, 0.4) is 0 Å². The number of ether oxygens (including phenoxy) is 1. The predicted octanol–water partition coefficient (Wildman–Crippen LogP) is 1.81. The van der Waals surface area contributed by atoms with Gasteiger partial charge in [-0.15, -0.1) is 0 Å². The molecule has 88 valence electrons. The summed E-state index contributed by atoms with van der Waals surface area (Å²) >= 11 is 0. The highest BCUT2D eigenvalue weighted by Crippen LogP contribution is 2.24. The van der Waals surface area contributed by atoms with E-state index < -0.39 is 4.92 Å². The molecule has 6 heteroatoms. The molecule has 6 nitrogen and oxygen atoms in total. The van der Waals surface area contributed by atoms with Crippen molar-refractivity contribution in [3.8, 4) is 0 Å². The third-order valence-corrected chi connectivity index (χ3v) is 2.03. The molecule has 0 amide bonds. The van der Waals surface area contributed by atoms with Gasteiger partial charge in [-0.2, -0.15) is 0 Å². The normalized spacial score (nSPS) is 10.1. The molecule has 0 heterocycles. The van der Waals surface area contributed by atoms with Crippen LogP contribution in [0.1, 0.15) is 18.9 Å². The zero-order valence-corrected chi connectivity index (χ0v) is 9.10. The lowest BCUT2D eigenvalue weighted by molar-refractivity contribution is -0.384. The highest BCUT2D eigenvalue weighted by Gasteiger charge is 2.12. The molecule has 1 rings (SSSR count). The van der Waals surface area contributed by atoms with E-state index in [2.05, 4.69) is 5.43 Å². The number of benzene rings is 1. The minimum atomic E-state index is -0.480. The Balaban J connectivity index is 2.78. The lowest BCUT2D eigenvalue weighted by Crippen LogP contribution is -2.09. The number of nitrogen functional groups attached to an aromatic ring is 1. The molecule has 1 aromatic rings. The second-order valence-electron chi connectivity index (χ2n) is 3.31. The van der Waals surface area contributed by atoms with Crippen LogP contribution < -0.4 is 11.3 Å². The summed E-state index contributed by atoms with van der Waals surface area (Å²) in [6, 6.07) is 4.70. The first-order valence-corrected chi connectivity index (χ1v) is 5.00. The van der Waals surface area contributed by atoms with Gasteiger partial charge in [0.25, 0.3) is 5.69 Å². The van der Waals surface area contributed by atoms with Gasteiger partial charge < -0.3 is 10.2 Å². The monoisotopic (exact) mass is 225 g/mol. The molecule has 0 aliphatic heterocycles. The smallest absolute Gasteiger partial charge is 0.293 e. The molecular weight excluding hydrogens is 210 g/mol. The van der Waals surface area contributed by atoms with E-state index in [4.69, 9.17) is 10.6 Å². The largest absolute Gasteiger partial charge is 0.377 e. The second-order valence-corrected chi connectivity index (χ2v) is 3.31. The summed E-state index contributed by atoms with van der Waals surface area (Å²) in [6.07, 6.45) is 0.939. The summed E-state index contributed by atoms with van der Waals surface area (Å²) in [5.41, 5.74) is 3.42. The standard InChI is InChI=1S/C10H15N3O3/c1-2-5-16-7-8-3-4-10(13(14)15)9(6-8)12-11/h3-4,6,12H,2,5,7,11H2,1H3. The second kappa shape index (κ2) is 6.04. The van der Waals surface area contributed by atoms with E-state index in [1.54, 1.807) is 12.1 Å². The molecule has 0 unspecified atom stereocenters. The number of nitrogens with two attached hydrogens (primary N) is 1. The molecule has 1 aromatic carbocycles. The van der Waals surface area contributed by atoms with Crippen molar-refractivity contribution < 1.29 is 9.66 Å². The lowest BCUT2D eigenvalue weighted by Gasteiger charge is -2.06. The summed E-state index contributed by atoms with van der Waals surface area (Å²) in [4.78, 5) is 10.2. The van der Waals surface area contributed by atoms with E-state index in [1.807, 2.05) is 6.92 Å². The van der Waals surface area contributed by atoms with Crippen molar-refractivity contribution in [2.24, 2.45) is 5.84 Å². The highest BCUT2D eigenvalue weighted by atomic mass is 16.6. The van der Waals surface area contributed by atoms with Crippen molar-refractivity contribution in [2.45, 2.75) is 20.0 Å². The fourth-order valence-corrected chi connectivity index (χ4v) is 1.28. The van der Waals surface area contributed by atoms with Gasteiger partial charge in [-0.25, -0.2) is 0 Å². The van der Waals surface area contributed by atoms with E-state index in [0.29, 0.717) is 18.9 Å². The Morgan fingerprint density at radius 3 is 2.88 bits per heavy atom. The molecule has 3 N–H and O–H groups in total. The first-order chi connectivity index (χ1) is 7.69. The number of nitro groups is 1. The topological polar surface area (TPSA) is 90.4 Å². The minimum absolute atomic E-state index is 0.0401. The highest BCUT2D eigenvalue weighted by molar-refractivity contribution is 5.61. The Kier molecular flexibility index (Phi) is 4.68. The van der Waals surface area contributed by atoms with Crippen LogP contribution in [0.2, 0.25) is 0 Å². The van der Waals surface area contributed by atoms with Crippen LogP contribution >= 0.6 is 0 Å². The average Bonchev–Trinajstić information content (AvgIpc) is 2.29. The van der Waals surface area contributed by atoms with Crippen molar-refractivity contribution in [3.05, 3.63) is 33.9 Å². The molecule has 0 radical (unpaired) electrons. The third kappa shape index (κ3) is 3.18. The molecule has 16 heavy (non-hydrogen) atoms. The maximum absolute atomic E-state index is 10.6. The molecule has 0 atom stereocenters. The van der Waals surface area contributed by atoms with Gasteiger partial charge in [-0.1, -0.05) is 6.92 Å². The number of hydrazine groups is 1. The van der Waals surface area contributed by atoms with Crippen LogP contribution in [0.5, 0.6) is 0 Å². The number of rotatable bonds is 6. The molecule has 0 fully saturated rings. The molecule has 0 saturated carbocycles. The zero-order chi connectivity index (χ0) is 12.0. The Labute approximate surface area is 93.5 Å². The molecular formula is C10H15N3O3. The van der Waals surface area contributed by atoms with E-state index in [0.717, 1.165) is 12.0 Å². The number of hydrogen-bond donors (Lipinski definition) is 2. The summed E-state index contributed by atoms with van der Waals surface area (Å²) in [7, 11) is 0. The van der Waals surface area contributed by atoms with Crippen molar-refractivity contribution in [3.63, 3.8) is 0 Å². The van der Waals surface area contributed by atoms with Crippen molar-refractivity contribution in [1.29, 1.82) is 0 Å². The van der Waals surface area contributed by atoms with Gasteiger partial charge in [0, 0.05) is 12.7 Å². The van der Waals surface area contributed by atoms with E-state index in [9.17, 15) is 10.1 Å². The quantitative estimate of drug-likeness (QED) is 0.333. The summed E-state index contributed by atoms with van der Waals surface area (Å²) < 4.78 is 5.33. The number of nitrogens with zero attached hydrogens (tertiary/aromatic N) is 1. The van der Waals surface area contributed by atoms with E-state index in [-0.39, 0.29) is 5.69 Å². The first kappa shape index (κ1) is 12.4. The number of nitro benzene ring substituents is 1. The molecule has 0 spiro atoms. The number of anilines is 1. The van der Waals surface area contributed by atoms with Gasteiger partial charge in [0.2, 0.25) is 0 Å². The first-order valence-electron chi connectivity index (χ1n) is 5.00. The third-order valence-electron chi connectivity index (χ3n) is 2.03. The van der Waals surface area contributed by atoms with Crippen molar-refractivity contribution in [2.75, 3.05) is 12.0 Å². The van der Waals surface area contributed by atoms with Crippen LogP contribution in [-0.4, -0.2) is 11.5 Å². The maximum atomic E-state index is 10.6. The van der Waals surface area contributed by atoms with Crippen LogP contribution in [0.4, 0.5) is 11.4 Å². The molecule has 0 aliphatic rings. The average molecular weight is 225 g/mol. The summed E-state index contributed by atoms with van der Waals surface area (Å²) in [5, 5.41) is 10.6. The van der Waals surface area contributed by atoms with Gasteiger partial charge in [-0.05, 0) is 24.1 Å². The van der Waals surface area contributed by atoms with Crippen molar-refractivity contribution >= 4 is 11.4 Å². The van der Waals surface area contributed by atoms with Crippen LogP contribution in [0.25, 0.3) is 0 Å². The number of nitrogens with one attached hydrogen (secondary N) is 1. The minimum Gasteiger partial charge on any atom is -0.377 e. The van der Waals surface area contributed by atoms with Gasteiger partial charge in [-0.3, -0.25) is 16.0 Å². The van der Waals surface area contributed by atoms with Crippen LogP contribution in [0.15, 0.2) is 18.2 Å². The Hall–Kier alpha value is -1.66. The fraction of sp³-hybridized carbons (Fsp3) is 0.400. The molecule has 0 saturated heterocycles. The Morgan fingerprint density at radius 2 is 2.31 bits per heavy atom. The van der Waals surface area contributed by atoms with Crippen LogP contribution in [-0.2, 0) is 11.3 Å². The van der Waals surface area contributed by atoms with Gasteiger partial charge >= 0.3 is 0 Å². The van der Waals surface area contributed by atoms with Gasteiger partial charge in [0.05, 0.1) is 11.5 Å².